The summed E-state index contributed by atoms with van der Waals surface area (Å²) in [7, 11) is 1.34. The van der Waals surface area contributed by atoms with Crippen molar-refractivity contribution in [3.63, 3.8) is 0 Å². The summed E-state index contributed by atoms with van der Waals surface area (Å²) < 4.78 is 18.1. The van der Waals surface area contributed by atoms with Crippen LogP contribution in [0, 0.1) is 5.92 Å². The summed E-state index contributed by atoms with van der Waals surface area (Å²) in [5, 5.41) is 0. The highest BCUT2D eigenvalue weighted by atomic mass is 19.1. The number of hydrogen-bond donors (Lipinski definition) is 0. The molecular weight excluding hydrogens is 221 g/mol. The summed E-state index contributed by atoms with van der Waals surface area (Å²) in [6.45, 7) is 6.14. The summed E-state index contributed by atoms with van der Waals surface area (Å²) in [5.41, 5.74) is 0.734. The first kappa shape index (κ1) is 13.5. The van der Waals surface area contributed by atoms with E-state index >= 15 is 0 Å². The van der Waals surface area contributed by atoms with Crippen LogP contribution in [0.25, 0.3) is 0 Å². The minimum absolute atomic E-state index is 0.110. The van der Waals surface area contributed by atoms with Gasteiger partial charge in [-0.15, -0.1) is 0 Å². The summed E-state index contributed by atoms with van der Waals surface area (Å²) in [6, 6.07) is 0. The minimum atomic E-state index is -0.344. The fourth-order valence-electron chi connectivity index (χ4n) is 1.65. The lowest BCUT2D eigenvalue weighted by Gasteiger charge is -2.28. The molecule has 1 aliphatic carbocycles. The van der Waals surface area contributed by atoms with Gasteiger partial charge in [-0.3, -0.25) is 4.79 Å². The van der Waals surface area contributed by atoms with Gasteiger partial charge in [0.1, 0.15) is 12.4 Å². The molecule has 0 aliphatic heterocycles. The lowest BCUT2D eigenvalue weighted by atomic mass is 9.98. The topological polar surface area (TPSA) is 29.5 Å². The third-order valence-corrected chi connectivity index (χ3v) is 2.73. The monoisotopic (exact) mass is 239 g/mol. The maximum Gasteiger partial charge on any atom is 0.325 e. The number of carbonyl (C=O) groups is 1. The Kier molecular flexibility index (Phi) is 4.94. The molecule has 0 radical (unpaired) electrons. The number of rotatable bonds is 5. The number of halogens is 1. The first-order valence-electron chi connectivity index (χ1n) is 5.54. The van der Waals surface area contributed by atoms with Gasteiger partial charge in [0.05, 0.1) is 7.11 Å². The van der Waals surface area contributed by atoms with Crippen LogP contribution in [0.3, 0.4) is 0 Å². The molecular formula is C13H18FNO2. The molecule has 0 aromatic heterocycles. The molecule has 1 atom stereocenters. The molecule has 94 valence electrons. The predicted octanol–water partition coefficient (Wildman–Crippen LogP) is 2.42. The number of methoxy groups -OCH3 is 1. The van der Waals surface area contributed by atoms with Gasteiger partial charge >= 0.3 is 5.97 Å². The first-order chi connectivity index (χ1) is 8.04. The quantitative estimate of drug-likeness (QED) is 0.690. The molecule has 0 heterocycles. The van der Waals surface area contributed by atoms with Crippen LogP contribution in [0.1, 0.15) is 13.3 Å². The fourth-order valence-corrected chi connectivity index (χ4v) is 1.65. The third kappa shape index (κ3) is 4.06. The van der Waals surface area contributed by atoms with Gasteiger partial charge in [0.15, 0.2) is 0 Å². The Hall–Kier alpha value is -1.58. The van der Waals surface area contributed by atoms with E-state index in [4.69, 9.17) is 0 Å². The summed E-state index contributed by atoms with van der Waals surface area (Å²) in [4.78, 5) is 13.0. The predicted molar refractivity (Wildman–Crippen MR) is 64.8 cm³/mol. The fraction of sp³-hybridized carbons (Fsp3) is 0.462. The second-order valence-electron chi connectivity index (χ2n) is 4.10. The highest BCUT2D eigenvalue weighted by molar-refractivity contribution is 5.71. The molecule has 0 saturated heterocycles. The molecule has 0 N–H and O–H groups in total. The van der Waals surface area contributed by atoms with Gasteiger partial charge in [0.2, 0.25) is 0 Å². The van der Waals surface area contributed by atoms with E-state index in [2.05, 4.69) is 11.3 Å². The van der Waals surface area contributed by atoms with E-state index in [9.17, 15) is 9.18 Å². The molecule has 1 unspecified atom stereocenters. The molecule has 0 amide bonds. The number of ether oxygens (including phenoxy) is 1. The highest BCUT2D eigenvalue weighted by Crippen LogP contribution is 2.23. The molecule has 3 nitrogen and oxygen atoms in total. The van der Waals surface area contributed by atoms with E-state index in [1.165, 1.54) is 13.2 Å². The SMILES string of the molecule is C=C(C)N(CC(=O)OC)CC1CC=CC=C1F. The zero-order chi connectivity index (χ0) is 12.8. The summed E-state index contributed by atoms with van der Waals surface area (Å²) in [6.07, 6.45) is 5.73. The third-order valence-electron chi connectivity index (χ3n) is 2.73. The van der Waals surface area contributed by atoms with E-state index in [0.29, 0.717) is 13.0 Å². The van der Waals surface area contributed by atoms with Gasteiger partial charge in [0.25, 0.3) is 0 Å². The Morgan fingerprint density at radius 3 is 2.94 bits per heavy atom. The van der Waals surface area contributed by atoms with E-state index in [0.717, 1.165) is 5.70 Å². The van der Waals surface area contributed by atoms with Crippen LogP contribution in [0.4, 0.5) is 4.39 Å². The van der Waals surface area contributed by atoms with Crippen LogP contribution >= 0.6 is 0 Å². The summed E-state index contributed by atoms with van der Waals surface area (Å²) in [5.74, 6) is -0.700. The van der Waals surface area contributed by atoms with Gasteiger partial charge in [0, 0.05) is 18.2 Å². The number of allylic oxidation sites excluding steroid dienone is 4. The van der Waals surface area contributed by atoms with Gasteiger partial charge in [-0.2, -0.15) is 0 Å². The molecule has 1 aliphatic rings. The van der Waals surface area contributed by atoms with Crippen LogP contribution in [0.15, 0.2) is 36.3 Å². The molecule has 0 aromatic rings. The van der Waals surface area contributed by atoms with Crippen molar-refractivity contribution in [3.05, 3.63) is 36.3 Å². The maximum atomic E-state index is 13.5. The van der Waals surface area contributed by atoms with Crippen LogP contribution < -0.4 is 0 Å². The zero-order valence-corrected chi connectivity index (χ0v) is 10.3. The molecule has 17 heavy (non-hydrogen) atoms. The molecule has 1 rings (SSSR count). The van der Waals surface area contributed by atoms with Gasteiger partial charge < -0.3 is 9.64 Å². The Morgan fingerprint density at radius 2 is 2.41 bits per heavy atom. The average molecular weight is 239 g/mol. The van der Waals surface area contributed by atoms with Crippen molar-refractivity contribution in [2.75, 3.05) is 20.2 Å². The van der Waals surface area contributed by atoms with Crippen LogP contribution in [-0.4, -0.2) is 31.1 Å². The van der Waals surface area contributed by atoms with E-state index in [-0.39, 0.29) is 24.3 Å². The van der Waals surface area contributed by atoms with Crippen molar-refractivity contribution in [2.24, 2.45) is 5.92 Å². The number of esters is 1. The van der Waals surface area contributed by atoms with Crippen LogP contribution in [0.2, 0.25) is 0 Å². The van der Waals surface area contributed by atoms with E-state index in [1.807, 2.05) is 6.08 Å². The lowest BCUT2D eigenvalue weighted by Crippen LogP contribution is -2.33. The number of hydrogen-bond acceptors (Lipinski definition) is 3. The van der Waals surface area contributed by atoms with Crippen LogP contribution in [-0.2, 0) is 9.53 Å². The van der Waals surface area contributed by atoms with Crippen LogP contribution in [0.5, 0.6) is 0 Å². The van der Waals surface area contributed by atoms with E-state index < -0.39 is 0 Å². The second kappa shape index (κ2) is 6.23. The van der Waals surface area contributed by atoms with Gasteiger partial charge in [-0.05, 0) is 19.4 Å². The first-order valence-corrected chi connectivity index (χ1v) is 5.54. The van der Waals surface area contributed by atoms with Crippen molar-refractivity contribution in [3.8, 4) is 0 Å². The van der Waals surface area contributed by atoms with Crippen molar-refractivity contribution < 1.29 is 13.9 Å². The standard InChI is InChI=1S/C13H18FNO2/c1-10(2)15(9-13(16)17-3)8-11-6-4-5-7-12(11)14/h4-5,7,11H,1,6,8-9H2,2-3H3. The lowest BCUT2D eigenvalue weighted by molar-refractivity contribution is -0.141. The highest BCUT2D eigenvalue weighted by Gasteiger charge is 2.20. The molecule has 0 aromatic carbocycles. The minimum Gasteiger partial charge on any atom is -0.468 e. The second-order valence-corrected chi connectivity index (χ2v) is 4.10. The number of carbonyl (C=O) groups excluding carboxylic acids is 1. The largest absolute Gasteiger partial charge is 0.468 e. The number of nitrogens with zero attached hydrogens (tertiary/aromatic N) is 1. The summed E-state index contributed by atoms with van der Waals surface area (Å²) >= 11 is 0. The van der Waals surface area contributed by atoms with Crippen molar-refractivity contribution in [1.82, 2.24) is 4.90 Å². The molecule has 0 spiro atoms. The van der Waals surface area contributed by atoms with Gasteiger partial charge in [-0.25, -0.2) is 4.39 Å². The zero-order valence-electron chi connectivity index (χ0n) is 10.3. The van der Waals surface area contributed by atoms with Crippen molar-refractivity contribution in [1.29, 1.82) is 0 Å². The van der Waals surface area contributed by atoms with Gasteiger partial charge in [-0.1, -0.05) is 18.7 Å². The molecule has 0 fully saturated rings. The maximum absolute atomic E-state index is 13.5. The normalized spacial score (nSPS) is 18.5. The Morgan fingerprint density at radius 1 is 1.71 bits per heavy atom. The smallest absolute Gasteiger partial charge is 0.325 e. The molecule has 0 bridgehead atoms. The average Bonchev–Trinajstić information content (AvgIpc) is 2.30. The Balaban J connectivity index is 2.61. The Bertz CT molecular complexity index is 360. The molecule has 0 saturated carbocycles. The molecule has 4 heteroatoms. The van der Waals surface area contributed by atoms with Crippen molar-refractivity contribution >= 4 is 5.97 Å². The van der Waals surface area contributed by atoms with E-state index in [1.54, 1.807) is 17.9 Å². The van der Waals surface area contributed by atoms with Crippen molar-refractivity contribution in [2.45, 2.75) is 13.3 Å². The Labute approximate surface area is 101 Å².